The number of hydrogen-bond acceptors (Lipinski definition) is 6. The van der Waals surface area contributed by atoms with Gasteiger partial charge in [0.05, 0.1) is 25.5 Å². The van der Waals surface area contributed by atoms with E-state index in [0.29, 0.717) is 40.5 Å². The number of hydrazone groups is 1. The van der Waals surface area contributed by atoms with E-state index in [2.05, 4.69) is 10.5 Å². The van der Waals surface area contributed by atoms with Crippen LogP contribution in [0.15, 0.2) is 90.0 Å². The van der Waals surface area contributed by atoms with E-state index >= 15 is 0 Å². The zero-order valence-corrected chi connectivity index (χ0v) is 20.1. The molecule has 0 saturated heterocycles. The van der Waals surface area contributed by atoms with Gasteiger partial charge in [-0.15, -0.1) is 0 Å². The number of esters is 1. The van der Waals surface area contributed by atoms with E-state index in [1.54, 1.807) is 61.7 Å². The molecule has 0 radical (unpaired) electrons. The average molecular weight is 483 g/mol. The van der Waals surface area contributed by atoms with Crippen molar-refractivity contribution in [2.24, 2.45) is 5.10 Å². The Hall–Kier alpha value is -4.65. The molecule has 4 aromatic carbocycles. The lowest BCUT2D eigenvalue weighted by molar-refractivity contribution is 0.0734. The Labute approximate surface area is 209 Å². The van der Waals surface area contributed by atoms with Gasteiger partial charge < -0.3 is 14.2 Å². The maximum atomic E-state index is 12.8. The van der Waals surface area contributed by atoms with Gasteiger partial charge >= 0.3 is 5.97 Å². The number of nitrogens with one attached hydrogen (secondary N) is 1. The highest BCUT2D eigenvalue weighted by Crippen LogP contribution is 2.27. The van der Waals surface area contributed by atoms with Gasteiger partial charge in [-0.05, 0) is 71.8 Å². The molecule has 0 aliphatic carbocycles. The fraction of sp³-hybridized carbons (Fsp3) is 0.138. The number of ether oxygens (including phenoxy) is 3. The summed E-state index contributed by atoms with van der Waals surface area (Å²) in [6.07, 6.45) is 2.39. The number of methoxy groups -OCH3 is 1. The Morgan fingerprint density at radius 1 is 0.861 bits per heavy atom. The highest BCUT2D eigenvalue weighted by molar-refractivity contribution is 6.04. The zero-order valence-electron chi connectivity index (χ0n) is 20.1. The summed E-state index contributed by atoms with van der Waals surface area (Å²) in [5.41, 5.74) is 3.93. The molecule has 0 heterocycles. The van der Waals surface area contributed by atoms with Gasteiger partial charge in [-0.3, -0.25) is 4.79 Å². The lowest BCUT2D eigenvalue weighted by Crippen LogP contribution is -2.17. The summed E-state index contributed by atoms with van der Waals surface area (Å²) in [7, 11) is 1.56. The van der Waals surface area contributed by atoms with Crippen LogP contribution in [0.3, 0.4) is 0 Å². The van der Waals surface area contributed by atoms with Crippen LogP contribution < -0.4 is 19.6 Å². The predicted molar refractivity (Wildman–Crippen MR) is 139 cm³/mol. The third kappa shape index (κ3) is 5.88. The first-order valence-electron chi connectivity index (χ1n) is 11.5. The minimum absolute atomic E-state index is 0.324. The molecular formula is C29H26N2O5. The second kappa shape index (κ2) is 11.7. The molecule has 1 N–H and O–H groups in total. The fourth-order valence-corrected chi connectivity index (χ4v) is 3.53. The predicted octanol–water partition coefficient (Wildman–Crippen LogP) is 5.62. The lowest BCUT2D eigenvalue weighted by Gasteiger charge is -2.11. The van der Waals surface area contributed by atoms with Crippen molar-refractivity contribution < 1.29 is 23.8 Å². The first kappa shape index (κ1) is 24.5. The SMILES string of the molecule is CCCOc1ccc(C(=O)N/N=C\c2c(OC(=O)c3ccc(OC)cc3)ccc3ccccc23)cc1. The number of rotatable bonds is 9. The van der Waals surface area contributed by atoms with E-state index < -0.39 is 5.97 Å². The smallest absolute Gasteiger partial charge is 0.343 e. The molecule has 0 aliphatic rings. The summed E-state index contributed by atoms with van der Waals surface area (Å²) in [5, 5.41) is 5.91. The maximum Gasteiger partial charge on any atom is 0.343 e. The highest BCUT2D eigenvalue weighted by Gasteiger charge is 2.14. The summed E-state index contributed by atoms with van der Waals surface area (Å²) in [5.74, 6) is 0.784. The van der Waals surface area contributed by atoms with Crippen LogP contribution in [0.4, 0.5) is 0 Å². The molecule has 0 fully saturated rings. The molecule has 0 saturated carbocycles. The molecule has 0 atom stereocenters. The number of hydrogen-bond donors (Lipinski definition) is 1. The van der Waals surface area contributed by atoms with Gasteiger partial charge in [0.1, 0.15) is 17.2 Å². The van der Waals surface area contributed by atoms with E-state index in [1.165, 1.54) is 6.21 Å². The van der Waals surface area contributed by atoms with Crippen LogP contribution in [0.25, 0.3) is 10.8 Å². The van der Waals surface area contributed by atoms with Gasteiger partial charge in [0, 0.05) is 11.1 Å². The van der Waals surface area contributed by atoms with Crippen molar-refractivity contribution in [3.05, 3.63) is 102 Å². The first-order chi connectivity index (χ1) is 17.6. The monoisotopic (exact) mass is 482 g/mol. The molecule has 4 rings (SSSR count). The summed E-state index contributed by atoms with van der Waals surface area (Å²) < 4.78 is 16.4. The molecule has 36 heavy (non-hydrogen) atoms. The van der Waals surface area contributed by atoms with Crippen LogP contribution in [0, 0.1) is 0 Å². The minimum atomic E-state index is -0.517. The minimum Gasteiger partial charge on any atom is -0.497 e. The van der Waals surface area contributed by atoms with E-state index in [-0.39, 0.29) is 5.91 Å². The van der Waals surface area contributed by atoms with Crippen LogP contribution >= 0.6 is 0 Å². The van der Waals surface area contributed by atoms with Crippen molar-refractivity contribution in [1.29, 1.82) is 0 Å². The Bertz CT molecular complexity index is 1380. The third-order valence-corrected chi connectivity index (χ3v) is 5.41. The molecule has 7 heteroatoms. The molecule has 0 bridgehead atoms. The van der Waals surface area contributed by atoms with Crippen LogP contribution in [0.5, 0.6) is 17.2 Å². The lowest BCUT2D eigenvalue weighted by atomic mass is 10.0. The van der Waals surface area contributed by atoms with Crippen LogP contribution in [0.2, 0.25) is 0 Å². The Kier molecular flexibility index (Phi) is 7.93. The molecular weight excluding hydrogens is 456 g/mol. The number of fused-ring (bicyclic) bond motifs is 1. The molecule has 0 aliphatic heterocycles. The number of carbonyl (C=O) groups excluding carboxylic acids is 2. The molecule has 0 spiro atoms. The molecule has 4 aromatic rings. The van der Waals surface area contributed by atoms with E-state index in [9.17, 15) is 9.59 Å². The summed E-state index contributed by atoms with van der Waals surface area (Å²) in [6, 6.07) is 24.7. The number of benzene rings is 4. The van der Waals surface area contributed by atoms with Gasteiger partial charge in [0.15, 0.2) is 0 Å². The van der Waals surface area contributed by atoms with Crippen molar-refractivity contribution in [3.8, 4) is 17.2 Å². The molecule has 1 amide bonds. The van der Waals surface area contributed by atoms with Crippen molar-refractivity contribution in [2.45, 2.75) is 13.3 Å². The van der Waals surface area contributed by atoms with E-state index in [4.69, 9.17) is 14.2 Å². The van der Waals surface area contributed by atoms with Crippen molar-refractivity contribution in [3.63, 3.8) is 0 Å². The Morgan fingerprint density at radius 3 is 2.28 bits per heavy atom. The van der Waals surface area contributed by atoms with Crippen molar-refractivity contribution >= 4 is 28.9 Å². The van der Waals surface area contributed by atoms with Gasteiger partial charge in [-0.1, -0.05) is 37.3 Å². The molecule has 0 unspecified atom stereocenters. The van der Waals surface area contributed by atoms with Gasteiger partial charge in [-0.2, -0.15) is 5.10 Å². The third-order valence-electron chi connectivity index (χ3n) is 5.41. The molecule has 182 valence electrons. The largest absolute Gasteiger partial charge is 0.497 e. The second-order valence-corrected chi connectivity index (χ2v) is 7.89. The van der Waals surface area contributed by atoms with E-state index in [1.807, 2.05) is 37.3 Å². The Morgan fingerprint density at radius 2 is 1.56 bits per heavy atom. The highest BCUT2D eigenvalue weighted by atomic mass is 16.5. The quantitative estimate of drug-likeness (QED) is 0.145. The van der Waals surface area contributed by atoms with Crippen LogP contribution in [-0.4, -0.2) is 31.8 Å². The summed E-state index contributed by atoms with van der Waals surface area (Å²) in [4.78, 5) is 25.3. The number of nitrogens with zero attached hydrogens (tertiary/aromatic N) is 1. The topological polar surface area (TPSA) is 86.2 Å². The van der Waals surface area contributed by atoms with Gasteiger partial charge in [0.2, 0.25) is 0 Å². The Balaban J connectivity index is 1.54. The van der Waals surface area contributed by atoms with Crippen LogP contribution in [-0.2, 0) is 0 Å². The van der Waals surface area contributed by atoms with E-state index in [0.717, 1.165) is 17.2 Å². The van der Waals surface area contributed by atoms with Crippen LogP contribution in [0.1, 0.15) is 39.6 Å². The zero-order chi connectivity index (χ0) is 25.3. The van der Waals surface area contributed by atoms with Crippen molar-refractivity contribution in [1.82, 2.24) is 5.43 Å². The van der Waals surface area contributed by atoms with Crippen molar-refractivity contribution in [2.75, 3.05) is 13.7 Å². The second-order valence-electron chi connectivity index (χ2n) is 7.89. The molecule has 7 nitrogen and oxygen atoms in total. The van der Waals surface area contributed by atoms with Gasteiger partial charge in [-0.25, -0.2) is 10.2 Å². The average Bonchev–Trinajstić information content (AvgIpc) is 2.93. The summed E-state index contributed by atoms with van der Waals surface area (Å²) in [6.45, 7) is 2.65. The first-order valence-corrected chi connectivity index (χ1v) is 11.5. The normalized spacial score (nSPS) is 10.8. The number of carbonyl (C=O) groups is 2. The summed E-state index contributed by atoms with van der Waals surface area (Å²) >= 11 is 0. The number of amides is 1. The fourth-order valence-electron chi connectivity index (χ4n) is 3.53. The van der Waals surface area contributed by atoms with Gasteiger partial charge in [0.25, 0.3) is 5.91 Å². The maximum absolute atomic E-state index is 12.8. The molecule has 0 aromatic heterocycles. The standard InChI is InChI=1S/C29H26N2O5/c1-3-18-35-24-15-8-21(9-16-24)28(32)31-30-19-26-25-7-5-4-6-20(25)12-17-27(26)36-29(33)22-10-13-23(34-2)14-11-22/h4-17,19H,3,18H2,1-2H3,(H,31,32)/b30-19-.